The molecular formula is C24H31ClN4O3. The minimum absolute atomic E-state index is 0.0772. The number of benzene rings is 1. The summed E-state index contributed by atoms with van der Waals surface area (Å²) in [5, 5.41) is 0. The van der Waals surface area contributed by atoms with E-state index in [0.717, 1.165) is 53.7 Å². The van der Waals surface area contributed by atoms with Gasteiger partial charge < -0.3 is 19.3 Å². The Hall–Kier alpha value is -2.38. The van der Waals surface area contributed by atoms with Gasteiger partial charge in [0.2, 0.25) is 5.91 Å². The normalized spacial score (nSPS) is 16.6. The van der Waals surface area contributed by atoms with Gasteiger partial charge in [0.1, 0.15) is 17.4 Å². The Labute approximate surface area is 194 Å². The van der Waals surface area contributed by atoms with E-state index in [2.05, 4.69) is 4.90 Å². The van der Waals surface area contributed by atoms with Crippen LogP contribution >= 0.6 is 11.6 Å². The lowest BCUT2D eigenvalue weighted by Gasteiger charge is -2.37. The van der Waals surface area contributed by atoms with E-state index in [1.54, 1.807) is 7.11 Å². The summed E-state index contributed by atoms with van der Waals surface area (Å²) in [5.74, 6) is 2.94. The first kappa shape index (κ1) is 22.8. The zero-order valence-electron chi connectivity index (χ0n) is 19.1. The highest BCUT2D eigenvalue weighted by Gasteiger charge is 2.35. The first-order chi connectivity index (χ1) is 15.4. The van der Waals surface area contributed by atoms with Crippen molar-refractivity contribution in [2.24, 2.45) is 5.41 Å². The van der Waals surface area contributed by atoms with Crippen LogP contribution in [0.25, 0.3) is 0 Å². The quantitative estimate of drug-likeness (QED) is 0.620. The second-order valence-corrected chi connectivity index (χ2v) is 9.27. The number of rotatable bonds is 6. The highest BCUT2D eigenvalue weighted by atomic mass is 35.5. The van der Waals surface area contributed by atoms with Crippen molar-refractivity contribution in [1.29, 1.82) is 0 Å². The second kappa shape index (κ2) is 9.63. The molecule has 1 amide bonds. The number of hydrogen-bond acceptors (Lipinski definition) is 6. The van der Waals surface area contributed by atoms with E-state index in [1.807, 2.05) is 43.0 Å². The SMILES string of the molecule is COc1ccc(Cc2nc3c(c(N4CCOCC4)n2)CN(C(=O)C(C)(C)CCl)CC3)cc1. The van der Waals surface area contributed by atoms with Gasteiger partial charge in [0, 0.05) is 43.9 Å². The molecule has 0 bridgehead atoms. The number of amides is 1. The number of aromatic nitrogens is 2. The number of hydrogen-bond donors (Lipinski definition) is 0. The third-order valence-corrected chi connectivity index (χ3v) is 6.79. The largest absolute Gasteiger partial charge is 0.497 e. The van der Waals surface area contributed by atoms with Crippen molar-refractivity contribution >= 4 is 23.3 Å². The van der Waals surface area contributed by atoms with Crippen LogP contribution in [0.5, 0.6) is 5.75 Å². The third-order valence-electron chi connectivity index (χ3n) is 6.12. The molecule has 172 valence electrons. The zero-order chi connectivity index (χ0) is 22.7. The van der Waals surface area contributed by atoms with Crippen LogP contribution in [-0.4, -0.2) is 66.6 Å². The maximum Gasteiger partial charge on any atom is 0.229 e. The molecule has 2 aliphatic heterocycles. The third kappa shape index (κ3) is 4.84. The number of methoxy groups -OCH3 is 1. The lowest BCUT2D eigenvalue weighted by Crippen LogP contribution is -2.46. The van der Waals surface area contributed by atoms with E-state index >= 15 is 0 Å². The summed E-state index contributed by atoms with van der Waals surface area (Å²) in [6.45, 7) is 7.88. The molecule has 2 aromatic rings. The molecule has 2 aliphatic rings. The van der Waals surface area contributed by atoms with Gasteiger partial charge in [0.05, 0.1) is 38.0 Å². The van der Waals surface area contributed by atoms with Gasteiger partial charge in [-0.3, -0.25) is 4.79 Å². The molecule has 1 aromatic carbocycles. The Bertz CT molecular complexity index is 958. The van der Waals surface area contributed by atoms with Crippen LogP contribution in [0.3, 0.4) is 0 Å². The fourth-order valence-electron chi connectivity index (χ4n) is 4.15. The number of morpholine rings is 1. The van der Waals surface area contributed by atoms with Gasteiger partial charge in [-0.1, -0.05) is 12.1 Å². The molecule has 0 radical (unpaired) electrons. The molecule has 3 heterocycles. The minimum Gasteiger partial charge on any atom is -0.497 e. The van der Waals surface area contributed by atoms with Crippen molar-refractivity contribution in [3.8, 4) is 5.75 Å². The van der Waals surface area contributed by atoms with E-state index in [4.69, 9.17) is 31.0 Å². The number of nitrogens with zero attached hydrogens (tertiary/aromatic N) is 4. The maximum absolute atomic E-state index is 13.1. The number of carbonyl (C=O) groups excluding carboxylic acids is 1. The number of carbonyl (C=O) groups is 1. The Morgan fingerprint density at radius 1 is 1.16 bits per heavy atom. The summed E-state index contributed by atoms with van der Waals surface area (Å²) in [6.07, 6.45) is 1.37. The molecule has 4 rings (SSSR count). The number of halogens is 1. The Balaban J connectivity index is 1.65. The average Bonchev–Trinajstić information content (AvgIpc) is 2.83. The van der Waals surface area contributed by atoms with Crippen LogP contribution < -0.4 is 9.64 Å². The number of fused-ring (bicyclic) bond motifs is 1. The molecule has 1 fully saturated rings. The summed E-state index contributed by atoms with van der Waals surface area (Å²) in [5.41, 5.74) is 2.64. The van der Waals surface area contributed by atoms with Crippen molar-refractivity contribution < 1.29 is 14.3 Å². The summed E-state index contributed by atoms with van der Waals surface area (Å²) in [6, 6.07) is 8.01. The van der Waals surface area contributed by atoms with Crippen LogP contribution in [0.1, 0.15) is 36.5 Å². The molecule has 0 atom stereocenters. The second-order valence-electron chi connectivity index (χ2n) is 9.01. The van der Waals surface area contributed by atoms with Crippen molar-refractivity contribution in [2.75, 3.05) is 50.7 Å². The molecule has 0 spiro atoms. The van der Waals surface area contributed by atoms with Gasteiger partial charge in [-0.2, -0.15) is 0 Å². The van der Waals surface area contributed by atoms with E-state index in [1.165, 1.54) is 0 Å². The average molecular weight is 459 g/mol. The Morgan fingerprint density at radius 2 is 1.88 bits per heavy atom. The van der Waals surface area contributed by atoms with Gasteiger partial charge >= 0.3 is 0 Å². The zero-order valence-corrected chi connectivity index (χ0v) is 19.8. The highest BCUT2D eigenvalue weighted by molar-refractivity contribution is 6.19. The molecule has 32 heavy (non-hydrogen) atoms. The Kier molecular flexibility index (Phi) is 6.86. The summed E-state index contributed by atoms with van der Waals surface area (Å²) >= 11 is 6.08. The molecule has 1 saturated heterocycles. The predicted molar refractivity (Wildman–Crippen MR) is 124 cm³/mol. The van der Waals surface area contributed by atoms with E-state index in [0.29, 0.717) is 38.6 Å². The number of anilines is 1. The lowest BCUT2D eigenvalue weighted by atomic mass is 9.92. The molecule has 0 unspecified atom stereocenters. The molecule has 8 heteroatoms. The van der Waals surface area contributed by atoms with Crippen LogP contribution in [0.15, 0.2) is 24.3 Å². The summed E-state index contributed by atoms with van der Waals surface area (Å²) < 4.78 is 10.8. The standard InChI is InChI=1S/C24H31ClN4O3/c1-24(2,16-25)23(30)29-9-8-20-19(15-29)22(28-10-12-32-13-11-28)27-21(26-20)14-17-4-6-18(31-3)7-5-17/h4-7H,8-16H2,1-3H3. The predicted octanol–water partition coefficient (Wildman–Crippen LogP) is 3.06. The highest BCUT2D eigenvalue weighted by Crippen LogP contribution is 2.31. The van der Waals surface area contributed by atoms with Crippen LogP contribution in [0.2, 0.25) is 0 Å². The maximum atomic E-state index is 13.1. The topological polar surface area (TPSA) is 67.8 Å². The van der Waals surface area contributed by atoms with Gasteiger partial charge in [-0.25, -0.2) is 9.97 Å². The van der Waals surface area contributed by atoms with Gasteiger partial charge in [-0.15, -0.1) is 11.6 Å². The molecule has 7 nitrogen and oxygen atoms in total. The monoisotopic (exact) mass is 458 g/mol. The van der Waals surface area contributed by atoms with Crippen LogP contribution in [0, 0.1) is 5.41 Å². The number of alkyl halides is 1. The van der Waals surface area contributed by atoms with Crippen molar-refractivity contribution in [3.05, 3.63) is 46.9 Å². The molecular weight excluding hydrogens is 428 g/mol. The molecule has 0 aliphatic carbocycles. The first-order valence-corrected chi connectivity index (χ1v) is 11.6. The van der Waals surface area contributed by atoms with Gasteiger partial charge in [0.25, 0.3) is 0 Å². The molecule has 1 aromatic heterocycles. The van der Waals surface area contributed by atoms with Gasteiger partial charge in [0.15, 0.2) is 0 Å². The summed E-state index contributed by atoms with van der Waals surface area (Å²) in [7, 11) is 1.67. The van der Waals surface area contributed by atoms with E-state index < -0.39 is 5.41 Å². The van der Waals surface area contributed by atoms with Crippen LogP contribution in [0.4, 0.5) is 5.82 Å². The van der Waals surface area contributed by atoms with E-state index in [9.17, 15) is 4.79 Å². The molecule has 0 saturated carbocycles. The first-order valence-electron chi connectivity index (χ1n) is 11.1. The molecule has 0 N–H and O–H groups in total. The van der Waals surface area contributed by atoms with Crippen molar-refractivity contribution in [3.63, 3.8) is 0 Å². The summed E-state index contributed by atoms with van der Waals surface area (Å²) in [4.78, 5) is 27.1. The van der Waals surface area contributed by atoms with Crippen molar-refractivity contribution in [1.82, 2.24) is 14.9 Å². The Morgan fingerprint density at radius 3 is 2.53 bits per heavy atom. The fourth-order valence-corrected chi connectivity index (χ4v) is 4.26. The van der Waals surface area contributed by atoms with Crippen molar-refractivity contribution in [2.45, 2.75) is 33.2 Å². The lowest BCUT2D eigenvalue weighted by molar-refractivity contribution is -0.140. The number of ether oxygens (including phenoxy) is 2. The fraction of sp³-hybridized carbons (Fsp3) is 0.542. The minimum atomic E-state index is -0.590. The van der Waals surface area contributed by atoms with Crippen LogP contribution in [-0.2, 0) is 28.9 Å². The van der Waals surface area contributed by atoms with Gasteiger partial charge in [-0.05, 0) is 31.5 Å². The van der Waals surface area contributed by atoms with E-state index in [-0.39, 0.29) is 5.91 Å². The smallest absolute Gasteiger partial charge is 0.229 e.